The van der Waals surface area contributed by atoms with Crippen molar-refractivity contribution in [1.29, 1.82) is 0 Å². The minimum absolute atomic E-state index is 0.174. The lowest BCUT2D eigenvalue weighted by Crippen LogP contribution is -2.11. The summed E-state index contributed by atoms with van der Waals surface area (Å²) < 4.78 is 9.30. The fourth-order valence-corrected chi connectivity index (χ4v) is 0.467. The molecule has 4 nitrogen and oxygen atoms in total. The molecule has 0 aromatic carbocycles. The summed E-state index contributed by atoms with van der Waals surface area (Å²) in [5, 5.41) is 17.0. The number of rotatable bonds is 3. The van der Waals surface area contributed by atoms with Gasteiger partial charge in [-0.05, 0) is 35.8 Å². The van der Waals surface area contributed by atoms with Crippen molar-refractivity contribution in [2.45, 2.75) is 19.4 Å². The van der Waals surface area contributed by atoms with E-state index >= 15 is 0 Å². The van der Waals surface area contributed by atoms with E-state index in [1.54, 1.807) is 0 Å². The molecule has 7 heteroatoms. The van der Waals surface area contributed by atoms with Crippen molar-refractivity contribution < 1.29 is 19.7 Å². The molecule has 1 atom stereocenters. The van der Waals surface area contributed by atoms with Gasteiger partial charge in [-0.1, -0.05) is 5.57 Å². The smallest absolute Gasteiger partial charge is 0.377 e. The molecule has 0 radical (unpaired) electrons. The van der Waals surface area contributed by atoms with Crippen LogP contribution in [-0.2, 0) is 4.57 Å². The highest BCUT2D eigenvalue weighted by atomic mass is 35.9. The van der Waals surface area contributed by atoms with Crippen molar-refractivity contribution in [3.8, 4) is 0 Å². The maximum atomic E-state index is 9.30. The number of aliphatic hydroxyl groups is 2. The number of hydrogen-bond acceptors (Lipinski definition) is 3. The molecule has 0 aromatic heterocycles. The summed E-state index contributed by atoms with van der Waals surface area (Å²) in [6.45, 7) is 5.22. The molecule has 13 heavy (non-hydrogen) atoms. The summed E-state index contributed by atoms with van der Waals surface area (Å²) in [5.41, 5.74) is 0.895. The molecule has 0 aliphatic heterocycles. The molecule has 0 aromatic rings. The quantitative estimate of drug-likeness (QED) is 0.528. The molecular weight excluding hydrogens is 238 g/mol. The van der Waals surface area contributed by atoms with Gasteiger partial charge in [0.05, 0.1) is 12.7 Å². The van der Waals surface area contributed by atoms with E-state index in [1.807, 2.05) is 6.92 Å². The third kappa shape index (κ3) is 32.7. The van der Waals surface area contributed by atoms with Crippen LogP contribution in [0.15, 0.2) is 12.2 Å². The van der Waals surface area contributed by atoms with E-state index in [-0.39, 0.29) is 6.61 Å². The molecule has 0 saturated carbocycles. The van der Waals surface area contributed by atoms with Crippen LogP contribution in [0.2, 0.25) is 0 Å². The monoisotopic (exact) mass is 250 g/mol. The fraction of sp³-hybridized carbons (Fsp3) is 0.667. The van der Waals surface area contributed by atoms with E-state index in [0.717, 1.165) is 5.57 Å². The first-order chi connectivity index (χ1) is 5.66. The van der Waals surface area contributed by atoms with E-state index in [9.17, 15) is 4.57 Å². The lowest BCUT2D eigenvalue weighted by Gasteiger charge is -2.03. The molecule has 0 rings (SSSR count). The average Bonchev–Trinajstić information content (AvgIpc) is 1.82. The van der Waals surface area contributed by atoms with Gasteiger partial charge in [0.25, 0.3) is 0 Å². The standard InChI is InChI=1S/C6H12O2.Cl2HO2P/c1-5(2)3-6(8)4-7;1-5(2,3)4/h6-8H,1,3-4H2,2H3;(H,3,4). The Morgan fingerprint density at radius 2 is 1.92 bits per heavy atom. The maximum absolute atomic E-state index is 9.30. The molecule has 0 aliphatic rings. The Balaban J connectivity index is 0. The molecule has 0 fully saturated rings. The van der Waals surface area contributed by atoms with Gasteiger partial charge in [0.1, 0.15) is 0 Å². The van der Waals surface area contributed by atoms with Crippen LogP contribution >= 0.6 is 28.6 Å². The summed E-state index contributed by atoms with van der Waals surface area (Å²) in [6, 6.07) is 0. The first kappa shape index (κ1) is 15.9. The highest BCUT2D eigenvalue weighted by Crippen LogP contribution is 2.51. The Kier molecular flexibility index (Phi) is 9.53. The fourth-order valence-electron chi connectivity index (χ4n) is 0.467. The van der Waals surface area contributed by atoms with Crippen LogP contribution in [0.5, 0.6) is 0 Å². The molecule has 0 aliphatic carbocycles. The topological polar surface area (TPSA) is 77.8 Å². The lowest BCUT2D eigenvalue weighted by atomic mass is 10.2. The molecule has 80 valence electrons. The molecule has 3 N–H and O–H groups in total. The highest BCUT2D eigenvalue weighted by Gasteiger charge is 2.02. The van der Waals surface area contributed by atoms with Gasteiger partial charge in [0.15, 0.2) is 0 Å². The molecule has 0 saturated heterocycles. The first-order valence-corrected chi connectivity index (χ1v) is 6.79. The van der Waals surface area contributed by atoms with Crippen LogP contribution in [0.25, 0.3) is 0 Å². The van der Waals surface area contributed by atoms with Crippen molar-refractivity contribution in [3.63, 3.8) is 0 Å². The highest BCUT2D eigenvalue weighted by molar-refractivity contribution is 8.04. The van der Waals surface area contributed by atoms with Crippen LogP contribution in [0.4, 0.5) is 0 Å². The van der Waals surface area contributed by atoms with Crippen LogP contribution in [0.3, 0.4) is 0 Å². The average molecular weight is 251 g/mol. The van der Waals surface area contributed by atoms with Crippen molar-refractivity contribution in [1.82, 2.24) is 0 Å². The third-order valence-corrected chi connectivity index (χ3v) is 0.795. The molecule has 0 amide bonds. The van der Waals surface area contributed by atoms with Gasteiger partial charge < -0.3 is 15.1 Å². The van der Waals surface area contributed by atoms with Crippen molar-refractivity contribution >= 4 is 28.6 Å². The van der Waals surface area contributed by atoms with Crippen molar-refractivity contribution in [3.05, 3.63) is 12.2 Å². The summed E-state index contributed by atoms with van der Waals surface area (Å²) in [7, 11) is 0. The summed E-state index contributed by atoms with van der Waals surface area (Å²) in [4.78, 5) is 7.61. The minimum atomic E-state index is -3.69. The van der Waals surface area contributed by atoms with E-state index in [2.05, 4.69) is 29.1 Å². The predicted octanol–water partition coefficient (Wildman–Crippen LogP) is 1.87. The second-order valence-corrected chi connectivity index (χ2v) is 6.57. The molecule has 0 bridgehead atoms. The van der Waals surface area contributed by atoms with Gasteiger partial charge >= 0.3 is 6.07 Å². The zero-order valence-electron chi connectivity index (χ0n) is 7.15. The third-order valence-electron chi connectivity index (χ3n) is 0.795. The zero-order chi connectivity index (χ0) is 11.1. The summed E-state index contributed by atoms with van der Waals surface area (Å²) >= 11 is 8.81. The molecule has 0 spiro atoms. The van der Waals surface area contributed by atoms with E-state index in [0.29, 0.717) is 6.42 Å². The van der Waals surface area contributed by atoms with Gasteiger partial charge in [-0.25, -0.2) is 0 Å². The molecular formula is C6H13Cl2O4P. The van der Waals surface area contributed by atoms with Crippen LogP contribution in [0.1, 0.15) is 13.3 Å². The van der Waals surface area contributed by atoms with Gasteiger partial charge in [0.2, 0.25) is 0 Å². The largest absolute Gasteiger partial charge is 0.394 e. The normalized spacial score (nSPS) is 12.8. The second-order valence-electron chi connectivity index (χ2n) is 2.43. The lowest BCUT2D eigenvalue weighted by molar-refractivity contribution is 0.0956. The van der Waals surface area contributed by atoms with Crippen LogP contribution in [0, 0.1) is 0 Å². The van der Waals surface area contributed by atoms with E-state index < -0.39 is 12.2 Å². The Hall–Kier alpha value is 0.430. The SMILES string of the molecule is C=C(C)CC(O)CO.O=P(O)(Cl)Cl. The van der Waals surface area contributed by atoms with Gasteiger partial charge in [0, 0.05) is 0 Å². The zero-order valence-corrected chi connectivity index (χ0v) is 9.56. The molecule has 1 unspecified atom stereocenters. The second kappa shape index (κ2) is 7.80. The Morgan fingerprint density at radius 1 is 1.62 bits per heavy atom. The number of halogens is 2. The minimum Gasteiger partial charge on any atom is -0.394 e. The number of hydrogen-bond donors (Lipinski definition) is 3. The number of aliphatic hydroxyl groups excluding tert-OH is 2. The Morgan fingerprint density at radius 3 is 2.00 bits per heavy atom. The van der Waals surface area contributed by atoms with Gasteiger partial charge in [-0.3, -0.25) is 4.57 Å². The van der Waals surface area contributed by atoms with Crippen molar-refractivity contribution in [2.24, 2.45) is 0 Å². The first-order valence-electron chi connectivity index (χ1n) is 3.32. The van der Waals surface area contributed by atoms with Gasteiger partial charge in [-0.2, -0.15) is 0 Å². The van der Waals surface area contributed by atoms with Gasteiger partial charge in [-0.15, -0.1) is 6.58 Å². The van der Waals surface area contributed by atoms with E-state index in [1.165, 1.54) is 0 Å². The Labute approximate surface area is 86.8 Å². The Bertz CT molecular complexity index is 183. The molecule has 0 heterocycles. The predicted molar refractivity (Wildman–Crippen MR) is 54.1 cm³/mol. The van der Waals surface area contributed by atoms with E-state index in [4.69, 9.17) is 15.1 Å². The maximum Gasteiger partial charge on any atom is 0.377 e. The summed E-state index contributed by atoms with van der Waals surface area (Å²) in [6.07, 6.45) is -3.82. The summed E-state index contributed by atoms with van der Waals surface area (Å²) in [5.74, 6) is 0. The van der Waals surface area contributed by atoms with Crippen molar-refractivity contribution in [2.75, 3.05) is 6.61 Å². The van der Waals surface area contributed by atoms with Crippen LogP contribution < -0.4 is 0 Å². The van der Waals surface area contributed by atoms with Crippen LogP contribution in [-0.4, -0.2) is 27.8 Å².